The number of carbonyl (C=O) groups excluding carboxylic acids is 3. The van der Waals surface area contributed by atoms with Crippen molar-refractivity contribution in [3.63, 3.8) is 0 Å². The number of hydrogen-bond acceptors (Lipinski definition) is 9. The van der Waals surface area contributed by atoms with Gasteiger partial charge in [-0.15, -0.1) is 0 Å². The van der Waals surface area contributed by atoms with Crippen LogP contribution in [0, 0.1) is 20.8 Å². The fourth-order valence-corrected chi connectivity index (χ4v) is 3.87. The molecule has 0 radical (unpaired) electrons. The van der Waals surface area contributed by atoms with Crippen molar-refractivity contribution >= 4 is 23.4 Å². The van der Waals surface area contributed by atoms with Crippen molar-refractivity contribution < 1.29 is 45.0 Å². The highest BCUT2D eigenvalue weighted by Crippen LogP contribution is 2.35. The lowest BCUT2D eigenvalue weighted by atomic mass is 9.89. The highest BCUT2D eigenvalue weighted by atomic mass is 16.3. The van der Waals surface area contributed by atoms with E-state index < -0.39 is 69.4 Å². The van der Waals surface area contributed by atoms with E-state index in [-0.39, 0.29) is 40.0 Å². The number of benzene rings is 1. The molecular formula is C26H47N3O9. The normalized spacial score (nSPS) is 10.3. The second-order valence-electron chi connectivity index (χ2n) is 7.87. The van der Waals surface area contributed by atoms with E-state index in [1.165, 1.54) is 20.9 Å². The molecule has 0 fully saturated rings. The fraction of sp³-hybridized carbons (Fsp3) is 0.654. The molecule has 0 saturated carbocycles. The Balaban J connectivity index is 0. The monoisotopic (exact) mass is 545 g/mol. The molecule has 12 nitrogen and oxygen atoms in total. The number of rotatable bonds is 12. The molecule has 0 aliphatic rings. The number of aliphatic hydroxyl groups is 6. The van der Waals surface area contributed by atoms with Crippen molar-refractivity contribution in [2.45, 2.75) is 60.5 Å². The second-order valence-corrected chi connectivity index (χ2v) is 7.87. The van der Waals surface area contributed by atoms with Crippen LogP contribution in [-0.2, 0) is 4.79 Å². The molecule has 0 saturated heterocycles. The fourth-order valence-electron chi connectivity index (χ4n) is 3.87. The Kier molecular flexibility index (Phi) is 19.2. The molecule has 1 rings (SSSR count). The Morgan fingerprint density at radius 2 is 1.24 bits per heavy atom. The van der Waals surface area contributed by atoms with Gasteiger partial charge in [-0.25, -0.2) is 0 Å². The van der Waals surface area contributed by atoms with Gasteiger partial charge in [-0.3, -0.25) is 14.4 Å². The molecule has 0 atom stereocenters. The molecule has 1 aromatic carbocycles. The van der Waals surface area contributed by atoms with Crippen LogP contribution >= 0.6 is 0 Å². The van der Waals surface area contributed by atoms with Gasteiger partial charge in [0.1, 0.15) is 6.61 Å². The molecule has 0 aromatic heterocycles. The predicted octanol–water partition coefficient (Wildman–Crippen LogP) is -0.510. The third-order valence-corrected chi connectivity index (χ3v) is 5.75. The van der Waals surface area contributed by atoms with Crippen LogP contribution in [0.15, 0.2) is 0 Å². The zero-order chi connectivity index (χ0) is 30.2. The summed E-state index contributed by atoms with van der Waals surface area (Å²) in [5, 5.41) is 59.2. The summed E-state index contributed by atoms with van der Waals surface area (Å²) in [6, 6.07) is -1.90. The quantitative estimate of drug-likeness (QED) is 0.181. The molecule has 0 aliphatic heterocycles. The van der Waals surface area contributed by atoms with Crippen LogP contribution in [0.4, 0.5) is 5.69 Å². The maximum atomic E-state index is 13.4. The van der Waals surface area contributed by atoms with E-state index in [1.807, 2.05) is 27.7 Å². The maximum Gasteiger partial charge on any atom is 0.254 e. The minimum atomic E-state index is -0.973. The zero-order valence-corrected chi connectivity index (χ0v) is 23.9. The Bertz CT molecular complexity index is 885. The molecule has 0 heterocycles. The Labute approximate surface area is 225 Å². The van der Waals surface area contributed by atoms with E-state index in [2.05, 4.69) is 5.32 Å². The molecule has 0 spiro atoms. The van der Waals surface area contributed by atoms with Crippen molar-refractivity contribution in [2.24, 2.45) is 0 Å². The van der Waals surface area contributed by atoms with Crippen molar-refractivity contribution in [1.82, 2.24) is 10.2 Å². The third kappa shape index (κ3) is 9.00. The standard InChI is InChI=1S/C22H35N3O9.2C2H6/c1-12-18(21(33)23-15(7-27)8-28)13(2)20(25(5-6-26)17(32)11-31)14(3)19(12)22(34)24(4)16(9-29)10-30;2*1-2/h15-16,26-31H,5-11H2,1-4H3,(H,23,33);2*1-2H3. The summed E-state index contributed by atoms with van der Waals surface area (Å²) in [7, 11) is 1.37. The van der Waals surface area contributed by atoms with Crippen LogP contribution in [-0.4, -0.2) is 119 Å². The van der Waals surface area contributed by atoms with Crippen LogP contribution < -0.4 is 10.2 Å². The number of aliphatic hydroxyl groups excluding tert-OH is 6. The topological polar surface area (TPSA) is 191 Å². The van der Waals surface area contributed by atoms with Crippen molar-refractivity contribution in [3.05, 3.63) is 27.8 Å². The average molecular weight is 546 g/mol. The first-order valence-corrected chi connectivity index (χ1v) is 12.7. The summed E-state index contributed by atoms with van der Waals surface area (Å²) < 4.78 is 0. The van der Waals surface area contributed by atoms with Crippen LogP contribution in [0.1, 0.15) is 65.1 Å². The Morgan fingerprint density at radius 1 is 0.763 bits per heavy atom. The molecule has 12 heteroatoms. The average Bonchev–Trinajstić information content (AvgIpc) is 2.93. The van der Waals surface area contributed by atoms with Gasteiger partial charge in [-0.2, -0.15) is 0 Å². The van der Waals surface area contributed by atoms with E-state index in [0.29, 0.717) is 0 Å². The molecule has 3 amide bonds. The molecule has 1 aromatic rings. The molecule has 220 valence electrons. The van der Waals surface area contributed by atoms with Crippen molar-refractivity contribution in [2.75, 3.05) is 58.1 Å². The summed E-state index contributed by atoms with van der Waals surface area (Å²) in [4.78, 5) is 41.3. The highest BCUT2D eigenvalue weighted by Gasteiger charge is 2.32. The molecule has 0 bridgehead atoms. The van der Waals surface area contributed by atoms with Gasteiger partial charge < -0.3 is 45.8 Å². The van der Waals surface area contributed by atoms with E-state index in [0.717, 1.165) is 9.80 Å². The number of anilines is 1. The van der Waals surface area contributed by atoms with Crippen molar-refractivity contribution in [1.29, 1.82) is 0 Å². The SMILES string of the molecule is CC.CC.Cc1c(C(=O)NC(CO)CO)c(C)c(N(CCO)C(=O)CO)c(C)c1C(=O)N(C)C(CO)CO. The van der Waals surface area contributed by atoms with E-state index in [1.54, 1.807) is 6.92 Å². The molecule has 0 aliphatic carbocycles. The van der Waals surface area contributed by atoms with Gasteiger partial charge in [-0.05, 0) is 37.5 Å². The Morgan fingerprint density at radius 3 is 1.63 bits per heavy atom. The van der Waals surface area contributed by atoms with Gasteiger partial charge in [0.15, 0.2) is 0 Å². The number of nitrogens with one attached hydrogen (secondary N) is 1. The minimum Gasteiger partial charge on any atom is -0.395 e. The number of likely N-dealkylation sites (N-methyl/N-ethyl adjacent to an activating group) is 1. The molecule has 7 N–H and O–H groups in total. The van der Waals surface area contributed by atoms with Crippen molar-refractivity contribution in [3.8, 4) is 0 Å². The van der Waals surface area contributed by atoms with Gasteiger partial charge in [0.25, 0.3) is 17.7 Å². The lowest BCUT2D eigenvalue weighted by Crippen LogP contribution is -2.44. The summed E-state index contributed by atoms with van der Waals surface area (Å²) >= 11 is 0. The summed E-state index contributed by atoms with van der Waals surface area (Å²) in [5.41, 5.74) is 0.958. The first-order chi connectivity index (χ1) is 18.1. The smallest absolute Gasteiger partial charge is 0.254 e. The first-order valence-electron chi connectivity index (χ1n) is 12.7. The number of amides is 3. The van der Waals surface area contributed by atoms with E-state index >= 15 is 0 Å². The number of hydrogen-bond donors (Lipinski definition) is 7. The largest absolute Gasteiger partial charge is 0.395 e. The number of nitrogens with zero attached hydrogens (tertiary/aromatic N) is 2. The van der Waals surface area contributed by atoms with Crippen LogP contribution in [0.5, 0.6) is 0 Å². The van der Waals surface area contributed by atoms with Gasteiger partial charge >= 0.3 is 0 Å². The molecular weight excluding hydrogens is 498 g/mol. The van der Waals surface area contributed by atoms with Gasteiger partial charge in [0.05, 0.1) is 50.8 Å². The highest BCUT2D eigenvalue weighted by molar-refractivity contribution is 6.08. The third-order valence-electron chi connectivity index (χ3n) is 5.75. The molecule has 38 heavy (non-hydrogen) atoms. The van der Waals surface area contributed by atoms with Crippen LogP contribution in [0.25, 0.3) is 0 Å². The maximum absolute atomic E-state index is 13.4. The van der Waals surface area contributed by atoms with Crippen LogP contribution in [0.2, 0.25) is 0 Å². The van der Waals surface area contributed by atoms with E-state index in [9.17, 15) is 45.0 Å². The Hall–Kier alpha value is -2.61. The zero-order valence-electron chi connectivity index (χ0n) is 23.9. The lowest BCUT2D eigenvalue weighted by molar-refractivity contribution is -0.121. The lowest BCUT2D eigenvalue weighted by Gasteiger charge is -2.31. The van der Waals surface area contributed by atoms with Gasteiger partial charge in [-0.1, -0.05) is 27.7 Å². The first kappa shape index (κ1) is 37.5. The van der Waals surface area contributed by atoms with Crippen LogP contribution in [0.3, 0.4) is 0 Å². The predicted molar refractivity (Wildman–Crippen MR) is 145 cm³/mol. The molecule has 0 unspecified atom stereocenters. The summed E-state index contributed by atoms with van der Waals surface area (Å²) in [6.45, 7) is 8.92. The summed E-state index contributed by atoms with van der Waals surface area (Å²) in [5.74, 6) is -2.13. The summed E-state index contributed by atoms with van der Waals surface area (Å²) in [6.07, 6.45) is 0. The van der Waals surface area contributed by atoms with Gasteiger partial charge in [0.2, 0.25) is 0 Å². The van der Waals surface area contributed by atoms with E-state index in [4.69, 9.17) is 0 Å². The second kappa shape index (κ2) is 19.5. The number of carbonyl (C=O) groups is 3. The van der Waals surface area contributed by atoms with Gasteiger partial charge in [0, 0.05) is 24.7 Å². The minimum absolute atomic E-state index is 0.00229.